The van der Waals surface area contributed by atoms with Crippen LogP contribution in [0.4, 0.5) is 0 Å². The maximum atomic E-state index is 13.3. The Morgan fingerprint density at radius 2 is 1.88 bits per heavy atom. The molecule has 0 amide bonds. The van der Waals surface area contributed by atoms with Gasteiger partial charge in [0.25, 0.3) is 0 Å². The van der Waals surface area contributed by atoms with E-state index in [0.717, 1.165) is 35.4 Å². The first-order valence-electron chi connectivity index (χ1n) is 9.09. The SMILES string of the molecule is Cc1ccc(S(=O)(=O)N2CCCC[C@@H]2c2cccnc2SC(C)C)cc1. The molecule has 0 bridgehead atoms. The van der Waals surface area contributed by atoms with Gasteiger partial charge in [0.1, 0.15) is 5.03 Å². The summed E-state index contributed by atoms with van der Waals surface area (Å²) in [6.45, 7) is 6.78. The van der Waals surface area contributed by atoms with Crippen LogP contribution in [0.25, 0.3) is 0 Å². The lowest BCUT2D eigenvalue weighted by Crippen LogP contribution is -2.38. The van der Waals surface area contributed by atoms with E-state index in [-0.39, 0.29) is 6.04 Å². The summed E-state index contributed by atoms with van der Waals surface area (Å²) in [6, 6.07) is 10.9. The van der Waals surface area contributed by atoms with E-state index in [1.165, 1.54) is 0 Å². The molecule has 140 valence electrons. The maximum absolute atomic E-state index is 13.3. The maximum Gasteiger partial charge on any atom is 0.243 e. The van der Waals surface area contributed by atoms with Crippen molar-refractivity contribution in [2.75, 3.05) is 6.54 Å². The summed E-state index contributed by atoms with van der Waals surface area (Å²) in [5, 5.41) is 1.34. The summed E-state index contributed by atoms with van der Waals surface area (Å²) < 4.78 is 28.3. The first kappa shape index (κ1) is 19.4. The first-order chi connectivity index (χ1) is 12.4. The number of benzene rings is 1. The smallest absolute Gasteiger partial charge is 0.243 e. The topological polar surface area (TPSA) is 50.3 Å². The standard InChI is InChI=1S/C20H26N2O2S2/c1-15(2)25-20-18(7-6-13-21-20)19-8-4-5-14-22(19)26(23,24)17-11-9-16(3)10-12-17/h6-7,9-13,15,19H,4-5,8,14H2,1-3H3/t19-/m1/s1. The van der Waals surface area contributed by atoms with E-state index in [1.807, 2.05) is 31.2 Å². The van der Waals surface area contributed by atoms with Gasteiger partial charge in [-0.3, -0.25) is 0 Å². The summed E-state index contributed by atoms with van der Waals surface area (Å²) in [7, 11) is -3.53. The molecule has 1 aliphatic heterocycles. The van der Waals surface area contributed by atoms with Crippen molar-refractivity contribution < 1.29 is 8.42 Å². The summed E-state index contributed by atoms with van der Waals surface area (Å²) in [5.41, 5.74) is 2.09. The van der Waals surface area contributed by atoms with Gasteiger partial charge in [0.05, 0.1) is 10.9 Å². The summed E-state index contributed by atoms with van der Waals surface area (Å²) >= 11 is 1.70. The van der Waals surface area contributed by atoms with Gasteiger partial charge in [-0.25, -0.2) is 13.4 Å². The number of hydrogen-bond acceptors (Lipinski definition) is 4. The molecule has 4 nitrogen and oxygen atoms in total. The normalized spacial score (nSPS) is 19.0. The minimum absolute atomic E-state index is 0.148. The lowest BCUT2D eigenvalue weighted by atomic mass is 9.99. The Kier molecular flexibility index (Phi) is 6.05. The second kappa shape index (κ2) is 8.11. The van der Waals surface area contributed by atoms with Crippen molar-refractivity contribution >= 4 is 21.8 Å². The molecule has 0 radical (unpaired) electrons. The minimum Gasteiger partial charge on any atom is -0.250 e. The molecule has 1 aliphatic rings. The van der Waals surface area contributed by atoms with Crippen LogP contribution in [-0.4, -0.2) is 29.5 Å². The lowest BCUT2D eigenvalue weighted by molar-refractivity contribution is 0.252. The predicted octanol–water partition coefficient (Wildman–Crippen LogP) is 4.81. The van der Waals surface area contributed by atoms with Crippen molar-refractivity contribution in [1.29, 1.82) is 0 Å². The van der Waals surface area contributed by atoms with Gasteiger partial charge in [0, 0.05) is 23.6 Å². The number of aryl methyl sites for hydroxylation is 1. The molecule has 2 heterocycles. The molecule has 1 aromatic carbocycles. The van der Waals surface area contributed by atoms with Crippen LogP contribution in [0.5, 0.6) is 0 Å². The van der Waals surface area contributed by atoms with E-state index in [2.05, 4.69) is 18.8 Å². The van der Waals surface area contributed by atoms with Crippen molar-refractivity contribution in [3.8, 4) is 0 Å². The van der Waals surface area contributed by atoms with E-state index in [9.17, 15) is 8.42 Å². The van der Waals surface area contributed by atoms with E-state index < -0.39 is 10.0 Å². The molecule has 0 saturated carbocycles. The zero-order valence-electron chi connectivity index (χ0n) is 15.6. The van der Waals surface area contributed by atoms with Gasteiger partial charge in [-0.05, 0) is 38.0 Å². The van der Waals surface area contributed by atoms with Gasteiger partial charge in [0.2, 0.25) is 10.0 Å². The third kappa shape index (κ3) is 4.13. The zero-order valence-corrected chi connectivity index (χ0v) is 17.2. The van der Waals surface area contributed by atoms with Gasteiger partial charge < -0.3 is 0 Å². The van der Waals surface area contributed by atoms with Crippen LogP contribution in [0, 0.1) is 6.92 Å². The molecule has 1 atom stereocenters. The highest BCUT2D eigenvalue weighted by Gasteiger charge is 2.35. The Bertz CT molecular complexity index is 848. The third-order valence-electron chi connectivity index (χ3n) is 4.59. The van der Waals surface area contributed by atoms with Crippen LogP contribution in [0.2, 0.25) is 0 Å². The van der Waals surface area contributed by atoms with E-state index >= 15 is 0 Å². The Morgan fingerprint density at radius 3 is 2.58 bits per heavy atom. The molecule has 0 N–H and O–H groups in total. The van der Waals surface area contributed by atoms with Crippen molar-refractivity contribution in [3.05, 3.63) is 53.7 Å². The van der Waals surface area contributed by atoms with Crippen molar-refractivity contribution in [2.24, 2.45) is 0 Å². The monoisotopic (exact) mass is 390 g/mol. The highest BCUT2D eigenvalue weighted by molar-refractivity contribution is 7.99. The number of pyridine rings is 1. The van der Waals surface area contributed by atoms with Crippen LogP contribution in [0.1, 0.15) is 50.3 Å². The lowest BCUT2D eigenvalue weighted by Gasteiger charge is -2.35. The highest BCUT2D eigenvalue weighted by atomic mass is 32.2. The number of rotatable bonds is 5. The molecule has 3 rings (SSSR count). The van der Waals surface area contributed by atoms with Crippen molar-refractivity contribution in [2.45, 2.75) is 61.2 Å². The Balaban J connectivity index is 2.00. The van der Waals surface area contributed by atoms with Crippen LogP contribution >= 0.6 is 11.8 Å². The quantitative estimate of drug-likeness (QED) is 0.688. The van der Waals surface area contributed by atoms with Crippen LogP contribution in [0.15, 0.2) is 52.5 Å². The van der Waals surface area contributed by atoms with Gasteiger partial charge in [0.15, 0.2) is 0 Å². The summed E-state index contributed by atoms with van der Waals surface area (Å²) in [4.78, 5) is 4.91. The van der Waals surface area contributed by atoms with Crippen LogP contribution < -0.4 is 0 Å². The fourth-order valence-corrected chi connectivity index (χ4v) is 5.91. The molecule has 1 saturated heterocycles. The van der Waals surface area contributed by atoms with Gasteiger partial charge >= 0.3 is 0 Å². The average molecular weight is 391 g/mol. The number of hydrogen-bond donors (Lipinski definition) is 0. The highest BCUT2D eigenvalue weighted by Crippen LogP contribution is 2.39. The number of thioether (sulfide) groups is 1. The minimum atomic E-state index is -3.53. The summed E-state index contributed by atoms with van der Waals surface area (Å²) in [5.74, 6) is 0. The second-order valence-corrected chi connectivity index (χ2v) is 10.5. The van der Waals surface area contributed by atoms with Gasteiger partial charge in [-0.1, -0.05) is 44.0 Å². The molecule has 0 spiro atoms. The molecule has 0 aliphatic carbocycles. The largest absolute Gasteiger partial charge is 0.250 e. The first-order valence-corrected chi connectivity index (χ1v) is 11.4. The molecule has 6 heteroatoms. The molecule has 0 unspecified atom stereocenters. The Hall–Kier alpha value is -1.37. The average Bonchev–Trinajstić information content (AvgIpc) is 2.62. The van der Waals surface area contributed by atoms with Crippen LogP contribution in [0.3, 0.4) is 0 Å². The van der Waals surface area contributed by atoms with E-state index in [0.29, 0.717) is 16.7 Å². The Labute approximate surface area is 161 Å². The van der Waals surface area contributed by atoms with Gasteiger partial charge in [-0.2, -0.15) is 4.31 Å². The van der Waals surface area contributed by atoms with E-state index in [1.54, 1.807) is 34.4 Å². The fraction of sp³-hybridized carbons (Fsp3) is 0.450. The third-order valence-corrected chi connectivity index (χ3v) is 7.55. The van der Waals surface area contributed by atoms with Crippen molar-refractivity contribution in [1.82, 2.24) is 9.29 Å². The van der Waals surface area contributed by atoms with E-state index in [4.69, 9.17) is 0 Å². The number of aromatic nitrogens is 1. The number of nitrogens with zero attached hydrogens (tertiary/aromatic N) is 2. The fourth-order valence-electron chi connectivity index (χ4n) is 3.33. The number of piperidine rings is 1. The molecule has 1 aromatic heterocycles. The summed E-state index contributed by atoms with van der Waals surface area (Å²) in [6.07, 6.45) is 4.55. The second-order valence-electron chi connectivity index (χ2n) is 7.00. The molecular weight excluding hydrogens is 364 g/mol. The molecule has 26 heavy (non-hydrogen) atoms. The predicted molar refractivity (Wildman–Crippen MR) is 107 cm³/mol. The molecule has 2 aromatic rings. The van der Waals surface area contributed by atoms with Gasteiger partial charge in [-0.15, -0.1) is 11.8 Å². The number of sulfonamides is 1. The van der Waals surface area contributed by atoms with Crippen molar-refractivity contribution in [3.63, 3.8) is 0 Å². The Morgan fingerprint density at radius 1 is 1.15 bits per heavy atom. The van der Waals surface area contributed by atoms with Crippen LogP contribution in [-0.2, 0) is 10.0 Å². The molecule has 1 fully saturated rings. The molecular formula is C20H26N2O2S2. The zero-order chi connectivity index (χ0) is 18.7.